The van der Waals surface area contributed by atoms with E-state index >= 15 is 0 Å². The number of likely N-dealkylation sites (N-methyl/N-ethyl adjacent to an activating group) is 1. The number of carbonyl (C=O) groups excluding carboxylic acids is 1. The van der Waals surface area contributed by atoms with E-state index in [1.54, 1.807) is 0 Å². The van der Waals surface area contributed by atoms with Crippen molar-refractivity contribution in [2.75, 3.05) is 13.6 Å². The predicted molar refractivity (Wildman–Crippen MR) is 119 cm³/mol. The summed E-state index contributed by atoms with van der Waals surface area (Å²) < 4.78 is 42.1. The molecule has 1 aliphatic heterocycles. The zero-order valence-electron chi connectivity index (χ0n) is 17.4. The van der Waals surface area contributed by atoms with Crippen molar-refractivity contribution in [3.8, 4) is 11.8 Å². The Hall–Kier alpha value is -2.87. The lowest BCUT2D eigenvalue weighted by atomic mass is 10.1. The van der Waals surface area contributed by atoms with Gasteiger partial charge < -0.3 is 9.13 Å². The van der Waals surface area contributed by atoms with Gasteiger partial charge in [-0.3, -0.25) is 14.5 Å². The normalized spacial score (nSPS) is 13.6. The van der Waals surface area contributed by atoms with E-state index < -0.39 is 30.1 Å². The van der Waals surface area contributed by atoms with Gasteiger partial charge in [-0.15, -0.1) is 11.3 Å². The molecule has 4 heterocycles. The van der Waals surface area contributed by atoms with Crippen LogP contribution in [-0.4, -0.2) is 44.8 Å². The number of thiophene rings is 1. The van der Waals surface area contributed by atoms with E-state index in [4.69, 9.17) is 11.6 Å². The third kappa shape index (κ3) is 5.38. The molecule has 0 saturated carbocycles. The van der Waals surface area contributed by atoms with E-state index in [9.17, 15) is 22.8 Å². The number of nitrogens with zero attached hydrogens (tertiary/aromatic N) is 4. The maximum atomic E-state index is 13.8. The Balaban J connectivity index is 1.51. The van der Waals surface area contributed by atoms with Gasteiger partial charge in [0.25, 0.3) is 12.0 Å². The van der Waals surface area contributed by atoms with Crippen molar-refractivity contribution >= 4 is 28.7 Å². The van der Waals surface area contributed by atoms with Gasteiger partial charge >= 0.3 is 0 Å². The molecule has 0 aliphatic carbocycles. The van der Waals surface area contributed by atoms with Gasteiger partial charge in [-0.2, -0.15) is 0 Å². The average molecular weight is 495 g/mol. The highest BCUT2D eigenvalue weighted by Crippen LogP contribution is 2.28. The zero-order valence-corrected chi connectivity index (χ0v) is 19.0. The van der Waals surface area contributed by atoms with Crippen molar-refractivity contribution < 1.29 is 18.0 Å². The molecule has 3 aromatic heterocycles. The SMILES string of the molecule is CN1CCn2cc(C#Cc3cc(C(=O)Cc4cc(F)c(=O)n(CC(F)F)c4)sc3Cl)nc2C1. The number of carbonyl (C=O) groups is 1. The number of rotatable bonds is 5. The third-order valence-electron chi connectivity index (χ3n) is 5.08. The van der Waals surface area contributed by atoms with Crippen LogP contribution in [0.15, 0.2) is 29.3 Å². The predicted octanol–water partition coefficient (Wildman–Crippen LogP) is 3.43. The van der Waals surface area contributed by atoms with Gasteiger partial charge in [0.05, 0.1) is 23.5 Å². The molecule has 3 aromatic rings. The number of ketones is 1. The van der Waals surface area contributed by atoms with Gasteiger partial charge in [-0.1, -0.05) is 17.5 Å². The first kappa shape index (κ1) is 23.3. The van der Waals surface area contributed by atoms with Crippen LogP contribution in [-0.2, 0) is 26.1 Å². The molecule has 0 aromatic carbocycles. The Morgan fingerprint density at radius 3 is 2.82 bits per heavy atom. The second-order valence-electron chi connectivity index (χ2n) is 7.67. The molecule has 4 rings (SSSR count). The number of aromatic nitrogens is 3. The summed E-state index contributed by atoms with van der Waals surface area (Å²) in [5.74, 6) is 5.25. The lowest BCUT2D eigenvalue weighted by Crippen LogP contribution is -2.30. The Labute approximate surface area is 196 Å². The molecule has 0 spiro atoms. The van der Waals surface area contributed by atoms with Crippen LogP contribution in [0.2, 0.25) is 4.34 Å². The maximum Gasteiger partial charge on any atom is 0.286 e. The van der Waals surface area contributed by atoms with Crippen molar-refractivity contribution in [2.45, 2.75) is 32.5 Å². The summed E-state index contributed by atoms with van der Waals surface area (Å²) in [7, 11) is 2.02. The lowest BCUT2D eigenvalue weighted by molar-refractivity contribution is 0.0996. The maximum absolute atomic E-state index is 13.8. The zero-order chi connectivity index (χ0) is 23.7. The Morgan fingerprint density at radius 1 is 1.27 bits per heavy atom. The third-order valence-corrected chi connectivity index (χ3v) is 6.48. The van der Waals surface area contributed by atoms with Gasteiger partial charge in [0.15, 0.2) is 11.6 Å². The van der Waals surface area contributed by atoms with Crippen molar-refractivity contribution in [1.82, 2.24) is 19.0 Å². The second-order valence-corrected chi connectivity index (χ2v) is 9.32. The van der Waals surface area contributed by atoms with E-state index in [0.717, 1.165) is 49.1 Å². The molecule has 0 N–H and O–H groups in total. The van der Waals surface area contributed by atoms with Crippen molar-refractivity contribution in [3.05, 3.63) is 72.6 Å². The summed E-state index contributed by atoms with van der Waals surface area (Å²) in [5.41, 5.74) is 0.0217. The van der Waals surface area contributed by atoms with Gasteiger partial charge in [0.1, 0.15) is 15.9 Å². The number of halogens is 4. The van der Waals surface area contributed by atoms with Gasteiger partial charge in [0.2, 0.25) is 0 Å². The molecule has 172 valence electrons. The summed E-state index contributed by atoms with van der Waals surface area (Å²) in [6.45, 7) is 1.56. The van der Waals surface area contributed by atoms with Gasteiger partial charge in [-0.25, -0.2) is 18.2 Å². The van der Waals surface area contributed by atoms with Gasteiger partial charge in [-0.05, 0) is 30.7 Å². The molecule has 0 fully saturated rings. The highest BCUT2D eigenvalue weighted by Gasteiger charge is 2.17. The minimum absolute atomic E-state index is 0.114. The van der Waals surface area contributed by atoms with Crippen molar-refractivity contribution in [1.29, 1.82) is 0 Å². The number of pyridine rings is 1. The van der Waals surface area contributed by atoms with Crippen LogP contribution >= 0.6 is 22.9 Å². The van der Waals surface area contributed by atoms with Crippen molar-refractivity contribution in [3.63, 3.8) is 0 Å². The standard InChI is InChI=1S/C22H18ClF3N4O2S/c1-28-4-5-29-10-15(27-20(29)12-28)3-2-14-8-18(33-21(14)23)17(31)7-13-6-16(24)22(32)30(9-13)11-19(25)26/h6,8-10,19H,4-5,7,11-12H2,1H3. The molecule has 0 unspecified atom stereocenters. The van der Waals surface area contributed by atoms with Gasteiger partial charge in [0, 0.05) is 31.9 Å². The second kappa shape index (κ2) is 9.55. The Bertz CT molecular complexity index is 1340. The number of alkyl halides is 2. The molecule has 0 amide bonds. The quantitative estimate of drug-likeness (QED) is 0.403. The van der Waals surface area contributed by atoms with E-state index in [1.165, 1.54) is 6.07 Å². The Kier molecular flexibility index (Phi) is 6.74. The summed E-state index contributed by atoms with van der Waals surface area (Å²) in [6.07, 6.45) is -0.147. The van der Waals surface area contributed by atoms with E-state index in [1.807, 2.05) is 13.2 Å². The van der Waals surface area contributed by atoms with Crippen LogP contribution in [0.5, 0.6) is 0 Å². The molecule has 6 nitrogen and oxygen atoms in total. The molecule has 0 bridgehead atoms. The van der Waals surface area contributed by atoms with Crippen LogP contribution < -0.4 is 5.56 Å². The molecule has 0 atom stereocenters. The van der Waals surface area contributed by atoms with Crippen LogP contribution in [0.3, 0.4) is 0 Å². The molecule has 11 heteroatoms. The number of fused-ring (bicyclic) bond motifs is 1. The lowest BCUT2D eigenvalue weighted by Gasteiger charge is -2.22. The fourth-order valence-electron chi connectivity index (χ4n) is 3.47. The summed E-state index contributed by atoms with van der Waals surface area (Å²) >= 11 is 7.28. The minimum Gasteiger partial charge on any atom is -0.331 e. The smallest absolute Gasteiger partial charge is 0.286 e. The van der Waals surface area contributed by atoms with Crippen LogP contribution in [0.1, 0.15) is 32.3 Å². The molecule has 33 heavy (non-hydrogen) atoms. The summed E-state index contributed by atoms with van der Waals surface area (Å²) in [4.78, 5) is 31.3. The van der Waals surface area contributed by atoms with Crippen LogP contribution in [0.25, 0.3) is 0 Å². The van der Waals surface area contributed by atoms with Crippen molar-refractivity contribution in [2.24, 2.45) is 0 Å². The summed E-state index contributed by atoms with van der Waals surface area (Å²) in [6, 6.07) is 2.42. The largest absolute Gasteiger partial charge is 0.331 e. The van der Waals surface area contributed by atoms with E-state index in [2.05, 4.69) is 26.3 Å². The van der Waals surface area contributed by atoms with Crippen LogP contribution in [0, 0.1) is 17.7 Å². The molecule has 0 saturated heterocycles. The fourth-order valence-corrected chi connectivity index (χ4v) is 4.59. The monoisotopic (exact) mass is 494 g/mol. The number of hydrogen-bond acceptors (Lipinski definition) is 5. The number of Topliss-reactive ketones (excluding diaryl/α,β-unsaturated/α-hetero) is 1. The topological polar surface area (TPSA) is 60.1 Å². The highest BCUT2D eigenvalue weighted by molar-refractivity contribution is 7.18. The Morgan fingerprint density at radius 2 is 2.06 bits per heavy atom. The van der Waals surface area contributed by atoms with E-state index in [-0.39, 0.29) is 12.0 Å². The first-order valence-corrected chi connectivity index (χ1v) is 11.1. The molecule has 0 radical (unpaired) electrons. The highest BCUT2D eigenvalue weighted by atomic mass is 35.5. The number of hydrogen-bond donors (Lipinski definition) is 0. The van der Waals surface area contributed by atoms with E-state index in [0.29, 0.717) is 25.0 Å². The first-order chi connectivity index (χ1) is 15.7. The average Bonchev–Trinajstić information content (AvgIpc) is 3.32. The molecular formula is C22H18ClF3N4O2S. The molecule has 1 aliphatic rings. The molecular weight excluding hydrogens is 477 g/mol. The summed E-state index contributed by atoms with van der Waals surface area (Å²) in [5, 5.41) is 0. The van der Waals surface area contributed by atoms with Crippen LogP contribution in [0.4, 0.5) is 13.2 Å². The number of imidazole rings is 1. The minimum atomic E-state index is -2.83. The fraction of sp³-hybridized carbons (Fsp3) is 0.318. The first-order valence-electron chi connectivity index (χ1n) is 9.95.